The third-order valence-electron chi connectivity index (χ3n) is 11.9. The predicted octanol–water partition coefficient (Wildman–Crippen LogP) is 12.5. The van der Waals surface area contributed by atoms with Crippen LogP contribution in [0.5, 0.6) is 0 Å². The van der Waals surface area contributed by atoms with Crippen LogP contribution in [0.25, 0.3) is 0 Å². The summed E-state index contributed by atoms with van der Waals surface area (Å²) in [6.07, 6.45) is 0. The van der Waals surface area contributed by atoms with Gasteiger partial charge in [0, 0.05) is 45.4 Å². The van der Waals surface area contributed by atoms with Crippen LogP contribution in [0.1, 0.15) is 79.0 Å². The maximum Gasteiger partial charge on any atom is 0.275 e. The van der Waals surface area contributed by atoms with E-state index in [0.29, 0.717) is 0 Å². The van der Waals surface area contributed by atoms with Gasteiger partial charge in [0.1, 0.15) is 5.82 Å². The van der Waals surface area contributed by atoms with Gasteiger partial charge in [-0.3, -0.25) is 4.90 Å². The highest BCUT2D eigenvalue weighted by Gasteiger charge is 2.45. The van der Waals surface area contributed by atoms with Crippen LogP contribution in [0.4, 0.5) is 51.3 Å². The van der Waals surface area contributed by atoms with E-state index < -0.39 is 0 Å². The molecule has 288 valence electrons. The quantitative estimate of drug-likeness (QED) is 0.163. The van der Waals surface area contributed by atoms with Crippen LogP contribution in [-0.4, -0.2) is 11.7 Å². The second-order valence-electron chi connectivity index (χ2n) is 19.0. The molecule has 0 saturated heterocycles. The Hall–Kier alpha value is -6.07. The fraction of sp³-hybridized carbons (Fsp3) is 0.226. The molecule has 0 N–H and O–H groups in total. The van der Waals surface area contributed by atoms with Crippen molar-refractivity contribution in [3.63, 3.8) is 0 Å². The number of para-hydroxylation sites is 3. The molecule has 58 heavy (non-hydrogen) atoms. The fourth-order valence-corrected chi connectivity index (χ4v) is 8.68. The zero-order valence-electron chi connectivity index (χ0n) is 35.4. The predicted molar refractivity (Wildman–Crippen MR) is 249 cm³/mol. The number of aromatic nitrogens is 1. The first-order chi connectivity index (χ1) is 27.7. The normalized spacial score (nSPS) is 13.5. The number of hydrogen-bond donors (Lipinski definition) is 0. The summed E-state index contributed by atoms with van der Waals surface area (Å²) in [6, 6.07) is 58.1. The number of hydrogen-bond acceptors (Lipinski definition) is 4. The molecule has 4 nitrogen and oxygen atoms in total. The highest BCUT2D eigenvalue weighted by atomic mass is 15.2. The Morgan fingerprint density at radius 2 is 0.879 bits per heavy atom. The van der Waals surface area contributed by atoms with E-state index >= 15 is 0 Å². The maximum atomic E-state index is 5.84. The van der Waals surface area contributed by atoms with Crippen molar-refractivity contribution < 1.29 is 0 Å². The molecule has 0 atom stereocenters. The standard InChI is InChI=1S/C53H53BN4/c1-51(2,3)36-24-28-41(29-25-36)56(42-30-26-37(27-31-42)52(4,5)6)48-33-32-45-50(55-48)54-43-22-16-17-23-44(43)57(39-18-12-10-13-19-39)46-34-38(53(7,8)9)35-47(49(46)54)58(45)40-20-14-11-15-21-40/h10-35H,1-9H3. The molecule has 7 aromatic rings. The van der Waals surface area contributed by atoms with E-state index in [-0.39, 0.29) is 23.0 Å². The molecule has 1 aromatic heterocycles. The summed E-state index contributed by atoms with van der Waals surface area (Å²) in [5.41, 5.74) is 16.5. The van der Waals surface area contributed by atoms with Crippen LogP contribution in [0.15, 0.2) is 158 Å². The Morgan fingerprint density at radius 3 is 1.36 bits per heavy atom. The molecule has 2 aliphatic rings. The van der Waals surface area contributed by atoms with E-state index in [9.17, 15) is 0 Å². The number of fused-ring (bicyclic) bond motifs is 4. The van der Waals surface area contributed by atoms with Crippen molar-refractivity contribution in [1.29, 1.82) is 0 Å². The zero-order valence-corrected chi connectivity index (χ0v) is 35.4. The largest absolute Gasteiger partial charge is 0.311 e. The van der Waals surface area contributed by atoms with E-state index in [0.717, 1.165) is 39.8 Å². The second-order valence-corrected chi connectivity index (χ2v) is 19.0. The van der Waals surface area contributed by atoms with Gasteiger partial charge >= 0.3 is 0 Å². The van der Waals surface area contributed by atoms with Crippen molar-refractivity contribution in [2.75, 3.05) is 14.7 Å². The molecule has 0 saturated carbocycles. The van der Waals surface area contributed by atoms with Gasteiger partial charge in [-0.25, -0.2) is 4.98 Å². The van der Waals surface area contributed by atoms with Crippen molar-refractivity contribution in [2.24, 2.45) is 0 Å². The van der Waals surface area contributed by atoms with Crippen LogP contribution in [-0.2, 0) is 16.2 Å². The Kier molecular flexibility index (Phi) is 8.92. The number of nitrogens with zero attached hydrogens (tertiary/aromatic N) is 4. The zero-order chi connectivity index (χ0) is 40.6. The average Bonchev–Trinajstić information content (AvgIpc) is 3.21. The minimum absolute atomic E-state index is 0.0443. The monoisotopic (exact) mass is 756 g/mol. The molecular weight excluding hydrogens is 703 g/mol. The van der Waals surface area contributed by atoms with Crippen molar-refractivity contribution in [3.8, 4) is 0 Å². The number of anilines is 9. The molecule has 6 aromatic carbocycles. The molecule has 0 radical (unpaired) electrons. The average molecular weight is 757 g/mol. The molecule has 0 unspecified atom stereocenters. The molecule has 0 aliphatic carbocycles. The molecule has 0 bridgehead atoms. The second kappa shape index (κ2) is 13.8. The SMILES string of the molecule is CC(C)(C)c1ccc(N(c2ccc(C(C)(C)C)cc2)c2ccc3c(n2)B2c4ccccc4N(c4ccccc4)c4cc(C(C)(C)C)cc(c42)N3c2ccccc2)cc1. The summed E-state index contributed by atoms with van der Waals surface area (Å²) in [5.74, 6) is 0.887. The Bertz CT molecular complexity index is 2540. The first-order valence-electron chi connectivity index (χ1n) is 20.7. The first-order valence-corrected chi connectivity index (χ1v) is 20.7. The first kappa shape index (κ1) is 37.5. The number of benzene rings is 6. The van der Waals surface area contributed by atoms with Crippen LogP contribution in [0.2, 0.25) is 0 Å². The minimum Gasteiger partial charge on any atom is -0.311 e. The lowest BCUT2D eigenvalue weighted by atomic mass is 9.34. The third kappa shape index (κ3) is 6.47. The van der Waals surface area contributed by atoms with Crippen LogP contribution in [0, 0.1) is 0 Å². The fourth-order valence-electron chi connectivity index (χ4n) is 8.68. The van der Waals surface area contributed by atoms with E-state index in [1.807, 2.05) is 0 Å². The van der Waals surface area contributed by atoms with Crippen LogP contribution < -0.4 is 31.2 Å². The summed E-state index contributed by atoms with van der Waals surface area (Å²) < 4.78 is 0. The Morgan fingerprint density at radius 1 is 0.431 bits per heavy atom. The van der Waals surface area contributed by atoms with Crippen molar-refractivity contribution in [3.05, 3.63) is 174 Å². The van der Waals surface area contributed by atoms with E-state index in [1.54, 1.807) is 0 Å². The lowest BCUT2D eigenvalue weighted by molar-refractivity contribution is 0.590. The van der Waals surface area contributed by atoms with Gasteiger partial charge in [0.25, 0.3) is 6.71 Å². The summed E-state index contributed by atoms with van der Waals surface area (Å²) in [5, 5.41) is 0. The van der Waals surface area contributed by atoms with Gasteiger partial charge in [-0.05, 0) is 123 Å². The Balaban J connectivity index is 1.33. The topological polar surface area (TPSA) is 22.6 Å². The molecule has 0 fully saturated rings. The summed E-state index contributed by atoms with van der Waals surface area (Å²) in [7, 11) is 0. The van der Waals surface area contributed by atoms with Gasteiger partial charge in [-0.1, -0.05) is 141 Å². The summed E-state index contributed by atoms with van der Waals surface area (Å²) >= 11 is 0. The molecule has 5 heteroatoms. The number of rotatable bonds is 5. The number of pyridine rings is 1. The van der Waals surface area contributed by atoms with Crippen LogP contribution >= 0.6 is 0 Å². The summed E-state index contributed by atoms with van der Waals surface area (Å²) in [4.78, 5) is 13.1. The van der Waals surface area contributed by atoms with E-state index in [4.69, 9.17) is 4.98 Å². The molecule has 3 heterocycles. The van der Waals surface area contributed by atoms with E-state index in [2.05, 4.69) is 235 Å². The highest BCUT2D eigenvalue weighted by molar-refractivity contribution is 7.00. The van der Waals surface area contributed by atoms with Gasteiger partial charge in [-0.15, -0.1) is 0 Å². The van der Waals surface area contributed by atoms with Crippen molar-refractivity contribution >= 4 is 74.5 Å². The van der Waals surface area contributed by atoms with Crippen molar-refractivity contribution in [1.82, 2.24) is 4.98 Å². The molecule has 0 amide bonds. The lowest BCUT2D eigenvalue weighted by Crippen LogP contribution is -2.62. The molecule has 2 aliphatic heterocycles. The van der Waals surface area contributed by atoms with Gasteiger partial charge in [0.05, 0.1) is 5.69 Å². The molecule has 0 spiro atoms. The van der Waals surface area contributed by atoms with Gasteiger partial charge in [0.2, 0.25) is 0 Å². The Labute approximate surface area is 345 Å². The molecule has 9 rings (SSSR count). The van der Waals surface area contributed by atoms with E-state index in [1.165, 1.54) is 44.7 Å². The minimum atomic E-state index is -0.0986. The van der Waals surface area contributed by atoms with Gasteiger partial charge in [-0.2, -0.15) is 0 Å². The molecular formula is C53H53BN4. The van der Waals surface area contributed by atoms with Gasteiger partial charge < -0.3 is 9.80 Å². The smallest absolute Gasteiger partial charge is 0.275 e. The summed E-state index contributed by atoms with van der Waals surface area (Å²) in [6.45, 7) is 20.5. The van der Waals surface area contributed by atoms with Crippen LogP contribution in [0.3, 0.4) is 0 Å². The maximum absolute atomic E-state index is 5.84. The lowest BCUT2D eigenvalue weighted by Gasteiger charge is -2.44. The highest BCUT2D eigenvalue weighted by Crippen LogP contribution is 2.46. The third-order valence-corrected chi connectivity index (χ3v) is 11.9. The van der Waals surface area contributed by atoms with Crippen molar-refractivity contribution in [2.45, 2.75) is 78.6 Å². The van der Waals surface area contributed by atoms with Gasteiger partial charge in [0.15, 0.2) is 0 Å².